The molecule has 238 valence electrons. The van der Waals surface area contributed by atoms with Gasteiger partial charge in [0.15, 0.2) is 11.5 Å². The molecule has 5 aromatic rings. The number of likely N-dealkylation sites (tertiary alicyclic amines) is 1. The van der Waals surface area contributed by atoms with Crippen molar-refractivity contribution >= 4 is 35.5 Å². The van der Waals surface area contributed by atoms with Gasteiger partial charge in [0.05, 0.1) is 23.6 Å². The van der Waals surface area contributed by atoms with Crippen molar-refractivity contribution in [2.45, 2.75) is 39.3 Å². The first-order valence-electron chi connectivity index (χ1n) is 15.8. The number of nitrogens with two attached hydrogens (primary N) is 1. The molecule has 1 aliphatic heterocycles. The number of benzene rings is 2. The molecule has 0 aliphatic carbocycles. The first-order chi connectivity index (χ1) is 23.1. The minimum absolute atomic E-state index is 0.208. The average Bonchev–Trinajstić information content (AvgIpc) is 3.51. The Bertz CT molecular complexity index is 1890. The number of piperidine rings is 1. The van der Waals surface area contributed by atoms with Gasteiger partial charge in [0.25, 0.3) is 0 Å². The third-order valence-corrected chi connectivity index (χ3v) is 7.76. The number of anilines is 1. The zero-order valence-electron chi connectivity index (χ0n) is 27.0. The van der Waals surface area contributed by atoms with Gasteiger partial charge in [-0.25, -0.2) is 19.9 Å². The van der Waals surface area contributed by atoms with Crippen LogP contribution in [-0.2, 0) is 6.54 Å². The van der Waals surface area contributed by atoms with Crippen LogP contribution in [0.4, 0.5) is 5.82 Å². The molecular formula is C36H39N11. The van der Waals surface area contributed by atoms with Gasteiger partial charge in [0.2, 0.25) is 5.84 Å². The number of amidine groups is 1. The van der Waals surface area contributed by atoms with E-state index >= 15 is 0 Å². The van der Waals surface area contributed by atoms with E-state index in [2.05, 4.69) is 71.1 Å². The number of fused-ring (bicyclic) bond motifs is 1. The van der Waals surface area contributed by atoms with E-state index in [0.29, 0.717) is 11.6 Å². The highest BCUT2D eigenvalue weighted by molar-refractivity contribution is 6.03. The number of nitrogens with zero attached hydrogens (tertiary/aromatic N) is 9. The van der Waals surface area contributed by atoms with E-state index in [1.807, 2.05) is 62.4 Å². The molecule has 0 radical (unpaired) electrons. The third-order valence-electron chi connectivity index (χ3n) is 7.76. The van der Waals surface area contributed by atoms with Crippen LogP contribution in [0.25, 0.3) is 39.5 Å². The predicted molar refractivity (Wildman–Crippen MR) is 191 cm³/mol. The molecule has 1 saturated heterocycles. The molecule has 4 heterocycles. The number of aromatic nitrogens is 4. The summed E-state index contributed by atoms with van der Waals surface area (Å²) in [6, 6.07) is 28.7. The smallest absolute Gasteiger partial charge is 0.206 e. The number of nitrogen functional groups attached to an aromatic ring is 1. The number of aliphatic imine (C=N–C) groups is 3. The molecule has 0 saturated carbocycles. The van der Waals surface area contributed by atoms with Crippen LogP contribution in [0.2, 0.25) is 0 Å². The quantitative estimate of drug-likeness (QED) is 0.161. The van der Waals surface area contributed by atoms with Gasteiger partial charge in [-0.2, -0.15) is 5.26 Å². The van der Waals surface area contributed by atoms with E-state index < -0.39 is 0 Å². The summed E-state index contributed by atoms with van der Waals surface area (Å²) in [5, 5.41) is 11.6. The molecule has 0 atom stereocenters. The molecule has 3 N–H and O–H groups in total. The molecule has 0 spiro atoms. The fourth-order valence-electron chi connectivity index (χ4n) is 5.41. The van der Waals surface area contributed by atoms with Gasteiger partial charge in [0, 0.05) is 44.1 Å². The normalized spacial score (nSPS) is 14.3. The molecule has 2 aromatic carbocycles. The Morgan fingerprint density at radius 3 is 2.47 bits per heavy atom. The summed E-state index contributed by atoms with van der Waals surface area (Å²) >= 11 is 0. The highest BCUT2D eigenvalue weighted by atomic mass is 15.1. The summed E-state index contributed by atoms with van der Waals surface area (Å²) in [6.45, 7) is 6.76. The van der Waals surface area contributed by atoms with E-state index in [1.165, 1.54) is 11.9 Å². The van der Waals surface area contributed by atoms with Gasteiger partial charge in [-0.05, 0) is 54.8 Å². The number of rotatable bonds is 8. The number of imidazole rings is 1. The molecule has 47 heavy (non-hydrogen) atoms. The van der Waals surface area contributed by atoms with E-state index in [1.54, 1.807) is 19.6 Å². The summed E-state index contributed by atoms with van der Waals surface area (Å²) in [4.78, 5) is 29.2. The maximum absolute atomic E-state index is 8.86. The molecule has 11 nitrogen and oxygen atoms in total. The van der Waals surface area contributed by atoms with Crippen LogP contribution in [0.5, 0.6) is 0 Å². The van der Waals surface area contributed by atoms with Crippen LogP contribution in [0.15, 0.2) is 100 Å². The zero-order chi connectivity index (χ0) is 33.0. The van der Waals surface area contributed by atoms with Crippen LogP contribution in [-0.4, -0.2) is 69.1 Å². The Morgan fingerprint density at radius 2 is 1.77 bits per heavy atom. The highest BCUT2D eigenvalue weighted by Crippen LogP contribution is 2.32. The van der Waals surface area contributed by atoms with Crippen LogP contribution < -0.4 is 11.1 Å². The second-order valence-electron chi connectivity index (χ2n) is 10.7. The van der Waals surface area contributed by atoms with Crippen molar-refractivity contribution in [2.75, 3.05) is 25.9 Å². The summed E-state index contributed by atoms with van der Waals surface area (Å²) in [6.07, 6.45) is 6.58. The molecule has 3 aromatic heterocycles. The standard InChI is InChI=1S/C34H33N11.C2H6/c1-37-31(20-35)41-23-38-22-40-26-15-18-44(19-16-26)21-24-9-11-27(12-10-24)45-33(28-8-5-17-39-32(28)36)43-30-14-13-29(42-34(30)45)25-6-3-2-4-7-25;1-2/h2-14,17,22-23,26H,15-16,18-19,21H2,1H3,(H2,36,39)(H,37,38,40,41);1-2H3. The minimum Gasteiger partial charge on any atom is -0.383 e. The molecule has 6 rings (SSSR count). The van der Waals surface area contributed by atoms with E-state index in [-0.39, 0.29) is 11.9 Å². The topological polar surface area (TPSA) is 146 Å². The summed E-state index contributed by atoms with van der Waals surface area (Å²) in [5.41, 5.74) is 12.7. The minimum atomic E-state index is 0.208. The zero-order valence-corrected chi connectivity index (χ0v) is 27.0. The van der Waals surface area contributed by atoms with Crippen molar-refractivity contribution in [1.29, 1.82) is 5.26 Å². The van der Waals surface area contributed by atoms with E-state index in [0.717, 1.165) is 66.1 Å². The second-order valence-corrected chi connectivity index (χ2v) is 10.7. The first-order valence-corrected chi connectivity index (χ1v) is 15.8. The second kappa shape index (κ2) is 16.0. The highest BCUT2D eigenvalue weighted by Gasteiger charge is 2.20. The summed E-state index contributed by atoms with van der Waals surface area (Å²) < 4.78 is 2.07. The monoisotopic (exact) mass is 625 g/mol. The SMILES string of the molecule is CC.CN=C(C#N)NC=NC=NC1CCN(Cc2ccc(-n3c(-c4cccnc4N)nc4ccc(-c5ccccc5)nc43)cc2)CC1. The number of nitriles is 1. The lowest BCUT2D eigenvalue weighted by atomic mass is 10.0. The fraction of sp³-hybridized carbons (Fsp3) is 0.250. The molecule has 0 unspecified atom stereocenters. The Balaban J connectivity index is 0.00000213. The first kappa shape index (κ1) is 32.7. The molecule has 1 aliphatic rings. The van der Waals surface area contributed by atoms with Gasteiger partial charge < -0.3 is 11.1 Å². The van der Waals surface area contributed by atoms with Gasteiger partial charge >= 0.3 is 0 Å². The number of nitrogens with one attached hydrogen (secondary N) is 1. The van der Waals surface area contributed by atoms with Crippen molar-refractivity contribution in [3.05, 3.63) is 90.6 Å². The number of hydrogen-bond donors (Lipinski definition) is 2. The fourth-order valence-corrected chi connectivity index (χ4v) is 5.41. The molecular weight excluding hydrogens is 586 g/mol. The Labute approximate surface area is 275 Å². The predicted octanol–water partition coefficient (Wildman–Crippen LogP) is 5.92. The maximum atomic E-state index is 8.86. The molecule has 0 bridgehead atoms. The lowest BCUT2D eigenvalue weighted by Gasteiger charge is -2.30. The summed E-state index contributed by atoms with van der Waals surface area (Å²) in [7, 11) is 1.55. The van der Waals surface area contributed by atoms with E-state index in [4.69, 9.17) is 21.0 Å². The third kappa shape index (κ3) is 7.92. The van der Waals surface area contributed by atoms with Crippen LogP contribution in [0.3, 0.4) is 0 Å². The molecule has 11 heteroatoms. The van der Waals surface area contributed by atoms with Gasteiger partial charge in [-0.15, -0.1) is 0 Å². The number of hydrogen-bond acceptors (Lipinski definition) is 8. The van der Waals surface area contributed by atoms with Gasteiger partial charge in [-0.3, -0.25) is 19.5 Å². The average molecular weight is 626 g/mol. The Morgan fingerprint density at radius 1 is 1.00 bits per heavy atom. The van der Waals surface area contributed by atoms with Gasteiger partial charge in [0.1, 0.15) is 23.7 Å². The van der Waals surface area contributed by atoms with Crippen molar-refractivity contribution in [3.8, 4) is 34.4 Å². The van der Waals surface area contributed by atoms with Crippen molar-refractivity contribution in [1.82, 2.24) is 29.7 Å². The van der Waals surface area contributed by atoms with Crippen molar-refractivity contribution < 1.29 is 0 Å². The summed E-state index contributed by atoms with van der Waals surface area (Å²) in [5.74, 6) is 1.33. The number of pyridine rings is 2. The van der Waals surface area contributed by atoms with Crippen molar-refractivity contribution in [3.63, 3.8) is 0 Å². The largest absolute Gasteiger partial charge is 0.383 e. The molecule has 0 amide bonds. The van der Waals surface area contributed by atoms with Crippen LogP contribution in [0, 0.1) is 11.3 Å². The lowest BCUT2D eigenvalue weighted by molar-refractivity contribution is 0.206. The maximum Gasteiger partial charge on any atom is 0.206 e. The lowest BCUT2D eigenvalue weighted by Crippen LogP contribution is -2.34. The van der Waals surface area contributed by atoms with Gasteiger partial charge in [-0.1, -0.05) is 56.3 Å². The Kier molecular flexibility index (Phi) is 11.1. The van der Waals surface area contributed by atoms with Crippen molar-refractivity contribution in [2.24, 2.45) is 15.0 Å². The van der Waals surface area contributed by atoms with E-state index in [9.17, 15) is 0 Å². The molecule has 1 fully saturated rings. The Hall–Kier alpha value is -5.73. The van der Waals surface area contributed by atoms with Crippen LogP contribution >= 0.6 is 0 Å². The van der Waals surface area contributed by atoms with Crippen LogP contribution in [0.1, 0.15) is 32.3 Å².